The van der Waals surface area contributed by atoms with E-state index in [1.807, 2.05) is 81.4 Å². The lowest BCUT2D eigenvalue weighted by Gasteiger charge is -2.16. The molecule has 1 atom stereocenters. The fraction of sp³-hybridized carbons (Fsp3) is 0.296. The molecule has 1 N–H and O–H groups in total. The van der Waals surface area contributed by atoms with E-state index in [9.17, 15) is 4.79 Å². The number of benzene rings is 3. The van der Waals surface area contributed by atoms with Crippen LogP contribution in [0.25, 0.3) is 0 Å². The zero-order chi connectivity index (χ0) is 22.1. The highest BCUT2D eigenvalue weighted by molar-refractivity contribution is 5.94. The SMILES string of the molecule is CCOc1ccc(C(=O)N[C@H](C)CCc2ccccc2)cc1COc1ccccc1C. The van der Waals surface area contributed by atoms with Gasteiger partial charge in [-0.15, -0.1) is 0 Å². The van der Waals surface area contributed by atoms with Crippen LogP contribution in [0.2, 0.25) is 0 Å². The van der Waals surface area contributed by atoms with Crippen LogP contribution in [0.4, 0.5) is 0 Å². The van der Waals surface area contributed by atoms with Crippen molar-refractivity contribution in [1.29, 1.82) is 0 Å². The highest BCUT2D eigenvalue weighted by Gasteiger charge is 2.14. The summed E-state index contributed by atoms with van der Waals surface area (Å²) in [5.41, 5.74) is 3.81. The topological polar surface area (TPSA) is 47.6 Å². The van der Waals surface area contributed by atoms with Crippen LogP contribution in [0.5, 0.6) is 11.5 Å². The van der Waals surface area contributed by atoms with E-state index in [-0.39, 0.29) is 11.9 Å². The molecular formula is C27H31NO3. The zero-order valence-corrected chi connectivity index (χ0v) is 18.6. The first kappa shape index (κ1) is 22.4. The summed E-state index contributed by atoms with van der Waals surface area (Å²) in [6, 6.07) is 23.8. The van der Waals surface area contributed by atoms with Gasteiger partial charge in [0.25, 0.3) is 5.91 Å². The maximum absolute atomic E-state index is 12.8. The minimum atomic E-state index is -0.0826. The summed E-state index contributed by atoms with van der Waals surface area (Å²) in [4.78, 5) is 12.8. The van der Waals surface area contributed by atoms with Gasteiger partial charge in [0.1, 0.15) is 18.1 Å². The van der Waals surface area contributed by atoms with Gasteiger partial charge < -0.3 is 14.8 Å². The molecule has 0 saturated heterocycles. The van der Waals surface area contributed by atoms with Crippen LogP contribution in [0.3, 0.4) is 0 Å². The third-order valence-corrected chi connectivity index (χ3v) is 5.19. The molecule has 4 nitrogen and oxygen atoms in total. The van der Waals surface area contributed by atoms with Crippen molar-refractivity contribution in [1.82, 2.24) is 5.32 Å². The Morgan fingerprint density at radius 1 is 0.935 bits per heavy atom. The maximum atomic E-state index is 12.8. The van der Waals surface area contributed by atoms with Crippen LogP contribution < -0.4 is 14.8 Å². The van der Waals surface area contributed by atoms with Crippen molar-refractivity contribution in [2.75, 3.05) is 6.61 Å². The van der Waals surface area contributed by atoms with Gasteiger partial charge in [-0.2, -0.15) is 0 Å². The van der Waals surface area contributed by atoms with E-state index in [4.69, 9.17) is 9.47 Å². The van der Waals surface area contributed by atoms with Gasteiger partial charge >= 0.3 is 0 Å². The molecule has 3 aromatic rings. The number of hydrogen-bond donors (Lipinski definition) is 1. The van der Waals surface area contributed by atoms with Crippen molar-refractivity contribution >= 4 is 5.91 Å². The molecule has 0 unspecified atom stereocenters. The fourth-order valence-corrected chi connectivity index (χ4v) is 3.41. The molecule has 0 heterocycles. The normalized spacial score (nSPS) is 11.6. The highest BCUT2D eigenvalue weighted by atomic mass is 16.5. The van der Waals surface area contributed by atoms with Gasteiger partial charge in [0.2, 0.25) is 0 Å². The molecule has 0 aliphatic carbocycles. The number of carbonyl (C=O) groups excluding carboxylic acids is 1. The van der Waals surface area contributed by atoms with Crippen LogP contribution in [0.15, 0.2) is 72.8 Å². The maximum Gasteiger partial charge on any atom is 0.251 e. The van der Waals surface area contributed by atoms with Crippen LogP contribution in [-0.4, -0.2) is 18.6 Å². The molecule has 31 heavy (non-hydrogen) atoms. The van der Waals surface area contributed by atoms with Crippen molar-refractivity contribution in [3.8, 4) is 11.5 Å². The van der Waals surface area contributed by atoms with Crippen LogP contribution >= 0.6 is 0 Å². The quantitative estimate of drug-likeness (QED) is 0.459. The summed E-state index contributed by atoms with van der Waals surface area (Å²) in [6.45, 7) is 6.89. The third-order valence-electron chi connectivity index (χ3n) is 5.19. The van der Waals surface area contributed by atoms with Crippen molar-refractivity contribution < 1.29 is 14.3 Å². The Morgan fingerprint density at radius 3 is 2.42 bits per heavy atom. The average molecular weight is 418 g/mol. The Bertz CT molecular complexity index is 985. The van der Waals surface area contributed by atoms with Gasteiger partial charge in [0.15, 0.2) is 0 Å². The Labute approximate surface area is 185 Å². The van der Waals surface area contributed by atoms with E-state index in [1.54, 1.807) is 0 Å². The lowest BCUT2D eigenvalue weighted by molar-refractivity contribution is 0.0938. The number of aryl methyl sites for hydroxylation is 2. The molecule has 1 amide bonds. The fourth-order valence-electron chi connectivity index (χ4n) is 3.41. The van der Waals surface area contributed by atoms with E-state index >= 15 is 0 Å². The second kappa shape index (κ2) is 11.2. The molecule has 0 aromatic heterocycles. The van der Waals surface area contributed by atoms with Gasteiger partial charge in [0, 0.05) is 17.2 Å². The molecule has 0 aliphatic heterocycles. The van der Waals surface area contributed by atoms with E-state index < -0.39 is 0 Å². The van der Waals surface area contributed by atoms with E-state index in [1.165, 1.54) is 5.56 Å². The Hall–Kier alpha value is -3.27. The van der Waals surface area contributed by atoms with Crippen LogP contribution in [0, 0.1) is 6.92 Å². The molecule has 0 radical (unpaired) electrons. The van der Waals surface area contributed by atoms with Gasteiger partial charge in [-0.3, -0.25) is 4.79 Å². The number of carbonyl (C=O) groups is 1. The summed E-state index contributed by atoms with van der Waals surface area (Å²) in [7, 11) is 0. The second-order valence-electron chi connectivity index (χ2n) is 7.71. The van der Waals surface area contributed by atoms with Crippen LogP contribution in [-0.2, 0) is 13.0 Å². The third kappa shape index (κ3) is 6.61. The van der Waals surface area contributed by atoms with E-state index in [0.29, 0.717) is 18.8 Å². The first-order chi connectivity index (χ1) is 15.1. The Kier molecular flexibility index (Phi) is 8.11. The molecule has 0 saturated carbocycles. The molecule has 3 aromatic carbocycles. The van der Waals surface area contributed by atoms with Crippen molar-refractivity contribution in [3.63, 3.8) is 0 Å². The van der Waals surface area contributed by atoms with Crippen molar-refractivity contribution in [3.05, 3.63) is 95.1 Å². The first-order valence-corrected chi connectivity index (χ1v) is 10.9. The summed E-state index contributed by atoms with van der Waals surface area (Å²) in [5, 5.41) is 3.11. The Morgan fingerprint density at radius 2 is 1.68 bits per heavy atom. The zero-order valence-electron chi connectivity index (χ0n) is 18.6. The molecule has 3 rings (SSSR count). The number of rotatable bonds is 10. The van der Waals surface area contributed by atoms with Crippen molar-refractivity contribution in [2.45, 2.75) is 46.3 Å². The number of ether oxygens (including phenoxy) is 2. The predicted molar refractivity (Wildman–Crippen MR) is 125 cm³/mol. The predicted octanol–water partition coefficient (Wildman–Crippen LogP) is 5.72. The lowest BCUT2D eigenvalue weighted by Crippen LogP contribution is -2.33. The summed E-state index contributed by atoms with van der Waals surface area (Å²) in [5.74, 6) is 1.49. The largest absolute Gasteiger partial charge is 0.493 e. The minimum Gasteiger partial charge on any atom is -0.493 e. The standard InChI is InChI=1S/C27H31NO3/c1-4-30-26-17-16-23(18-24(26)19-31-25-13-9-8-10-20(25)2)27(29)28-21(3)14-15-22-11-6-5-7-12-22/h5-13,16-18,21H,4,14-15,19H2,1-3H3,(H,28,29)/t21-/m1/s1. The molecule has 0 spiro atoms. The number of nitrogens with one attached hydrogen (secondary N) is 1. The van der Waals surface area contributed by atoms with E-state index in [0.717, 1.165) is 35.5 Å². The molecule has 0 fully saturated rings. The smallest absolute Gasteiger partial charge is 0.251 e. The Balaban J connectivity index is 1.65. The summed E-state index contributed by atoms with van der Waals surface area (Å²) in [6.07, 6.45) is 1.82. The second-order valence-corrected chi connectivity index (χ2v) is 7.71. The minimum absolute atomic E-state index is 0.0749. The highest BCUT2D eigenvalue weighted by Crippen LogP contribution is 2.24. The first-order valence-electron chi connectivity index (χ1n) is 10.9. The molecule has 0 aliphatic rings. The molecule has 4 heteroatoms. The van der Waals surface area contributed by atoms with Gasteiger partial charge in [-0.25, -0.2) is 0 Å². The van der Waals surface area contributed by atoms with Gasteiger partial charge in [-0.05, 0) is 69.0 Å². The van der Waals surface area contributed by atoms with Crippen LogP contribution in [0.1, 0.15) is 47.3 Å². The monoisotopic (exact) mass is 417 g/mol. The average Bonchev–Trinajstić information content (AvgIpc) is 2.79. The summed E-state index contributed by atoms with van der Waals surface area (Å²) < 4.78 is 11.7. The van der Waals surface area contributed by atoms with E-state index in [2.05, 4.69) is 17.4 Å². The lowest BCUT2D eigenvalue weighted by atomic mass is 10.1. The summed E-state index contributed by atoms with van der Waals surface area (Å²) >= 11 is 0. The molecular weight excluding hydrogens is 386 g/mol. The van der Waals surface area contributed by atoms with Gasteiger partial charge in [0.05, 0.1) is 6.61 Å². The molecule has 162 valence electrons. The van der Waals surface area contributed by atoms with Gasteiger partial charge in [-0.1, -0.05) is 48.5 Å². The number of hydrogen-bond acceptors (Lipinski definition) is 3. The number of amides is 1. The number of para-hydroxylation sites is 1. The molecule has 0 bridgehead atoms. The van der Waals surface area contributed by atoms with Crippen molar-refractivity contribution in [2.24, 2.45) is 0 Å².